The fraction of sp³-hybridized carbons (Fsp3) is 0.280. The van der Waals surface area contributed by atoms with Crippen LogP contribution < -0.4 is 10.9 Å². The van der Waals surface area contributed by atoms with Gasteiger partial charge >= 0.3 is 0 Å². The Hall–Kier alpha value is -2.83. The normalized spacial score (nSPS) is 14.7. The van der Waals surface area contributed by atoms with E-state index in [0.717, 1.165) is 29.1 Å². The molecule has 1 saturated heterocycles. The lowest BCUT2D eigenvalue weighted by molar-refractivity contribution is -0.117. The number of nitrogens with zero attached hydrogens (tertiary/aromatic N) is 1. The Bertz CT molecular complexity index is 977. The van der Waals surface area contributed by atoms with E-state index in [1.165, 1.54) is 19.3 Å². The maximum atomic E-state index is 12.6. The van der Waals surface area contributed by atoms with E-state index in [4.69, 9.17) is 0 Å². The lowest BCUT2D eigenvalue weighted by atomic mass is 10.0. The molecule has 3 rings (SSSR count). The zero-order valence-electron chi connectivity index (χ0n) is 18.1. The molecule has 2 aromatic carbocycles. The van der Waals surface area contributed by atoms with Crippen molar-refractivity contribution >= 4 is 29.8 Å². The molecule has 0 aromatic heterocycles. The third kappa shape index (κ3) is 6.57. The van der Waals surface area contributed by atoms with Crippen molar-refractivity contribution in [2.45, 2.75) is 38.0 Å². The van der Waals surface area contributed by atoms with Crippen molar-refractivity contribution in [2.24, 2.45) is 0 Å². The van der Waals surface area contributed by atoms with Gasteiger partial charge in [-0.25, -0.2) is 4.31 Å². The number of hydrogen-bond acceptors (Lipinski definition) is 4. The Morgan fingerprint density at radius 2 is 1.68 bits per heavy atom. The Balaban J connectivity index is 1.59. The van der Waals surface area contributed by atoms with E-state index in [1.807, 2.05) is 43.3 Å². The highest BCUT2D eigenvalue weighted by Crippen LogP contribution is 2.26. The van der Waals surface area contributed by atoms with Crippen molar-refractivity contribution in [3.63, 3.8) is 0 Å². The molecule has 0 radical (unpaired) electrons. The second-order valence-corrected chi connectivity index (χ2v) is 8.88. The highest BCUT2D eigenvalue weighted by molar-refractivity contribution is 7.97. The Morgan fingerprint density at radius 3 is 2.32 bits per heavy atom. The molecule has 2 amide bonds. The van der Waals surface area contributed by atoms with Gasteiger partial charge in [0.15, 0.2) is 0 Å². The largest absolute Gasteiger partial charge is 0.269 e. The molecule has 5 nitrogen and oxygen atoms in total. The van der Waals surface area contributed by atoms with E-state index in [1.54, 1.807) is 37.1 Å². The quantitative estimate of drug-likeness (QED) is 0.293. The molecule has 162 valence electrons. The topological polar surface area (TPSA) is 61.4 Å². The van der Waals surface area contributed by atoms with E-state index < -0.39 is 5.91 Å². The van der Waals surface area contributed by atoms with Crippen LogP contribution in [0.1, 0.15) is 47.7 Å². The van der Waals surface area contributed by atoms with Gasteiger partial charge in [0.1, 0.15) is 0 Å². The zero-order chi connectivity index (χ0) is 22.2. The van der Waals surface area contributed by atoms with Crippen molar-refractivity contribution in [1.82, 2.24) is 15.2 Å². The number of benzene rings is 2. The number of rotatable bonds is 6. The van der Waals surface area contributed by atoms with E-state index in [2.05, 4.69) is 21.7 Å². The molecule has 2 N–H and O–H groups in total. The van der Waals surface area contributed by atoms with Gasteiger partial charge in [0, 0.05) is 29.1 Å². The van der Waals surface area contributed by atoms with Gasteiger partial charge in [-0.3, -0.25) is 20.4 Å². The first-order valence-corrected chi connectivity index (χ1v) is 11.3. The minimum atomic E-state index is -0.402. The van der Waals surface area contributed by atoms with Crippen molar-refractivity contribution in [3.05, 3.63) is 82.9 Å². The van der Waals surface area contributed by atoms with Crippen LogP contribution in [0.5, 0.6) is 0 Å². The summed E-state index contributed by atoms with van der Waals surface area (Å²) in [5.74, 6) is -0.763. The summed E-state index contributed by atoms with van der Waals surface area (Å²) in [5, 5.41) is 0. The monoisotopic (exact) mass is 435 g/mol. The number of amides is 2. The summed E-state index contributed by atoms with van der Waals surface area (Å²) in [6.45, 7) is 9.84. The molecule has 6 heteroatoms. The maximum absolute atomic E-state index is 12.6. The van der Waals surface area contributed by atoms with Gasteiger partial charge in [0.05, 0.1) is 0 Å². The Kier molecular flexibility index (Phi) is 8.09. The number of carbonyl (C=O) groups is 2. The lowest BCUT2D eigenvalue weighted by Gasteiger charge is -2.25. The summed E-state index contributed by atoms with van der Waals surface area (Å²) in [7, 11) is 0. The first-order valence-electron chi connectivity index (χ1n) is 10.5. The predicted octanol–water partition coefficient (Wildman–Crippen LogP) is 4.91. The van der Waals surface area contributed by atoms with Crippen molar-refractivity contribution in [3.8, 4) is 0 Å². The van der Waals surface area contributed by atoms with Gasteiger partial charge in [-0.05, 0) is 85.7 Å². The van der Waals surface area contributed by atoms with Crippen LogP contribution in [0.15, 0.2) is 71.2 Å². The molecule has 2 aromatic rings. The third-order valence-electron chi connectivity index (χ3n) is 5.15. The third-order valence-corrected chi connectivity index (χ3v) is 6.25. The Labute approximate surface area is 188 Å². The fourth-order valence-corrected chi connectivity index (χ4v) is 4.31. The van der Waals surface area contributed by atoms with Crippen LogP contribution >= 0.6 is 11.9 Å². The minimum absolute atomic E-state index is 0.361. The molecule has 0 unspecified atom stereocenters. The molecule has 31 heavy (non-hydrogen) atoms. The summed E-state index contributed by atoms with van der Waals surface area (Å²) < 4.78 is 2.36. The van der Waals surface area contributed by atoms with Crippen molar-refractivity contribution in [1.29, 1.82) is 0 Å². The van der Waals surface area contributed by atoms with Crippen LogP contribution in [-0.2, 0) is 4.79 Å². The van der Waals surface area contributed by atoms with Crippen molar-refractivity contribution in [2.75, 3.05) is 13.1 Å². The summed E-state index contributed by atoms with van der Waals surface area (Å²) in [5.41, 5.74) is 8.52. The number of hydrogen-bond donors (Lipinski definition) is 2. The average Bonchev–Trinajstić information content (AvgIpc) is 2.77. The molecule has 0 spiro atoms. The highest BCUT2D eigenvalue weighted by Gasteiger charge is 2.14. The van der Waals surface area contributed by atoms with Crippen LogP contribution in [0.2, 0.25) is 0 Å². The van der Waals surface area contributed by atoms with Crippen LogP contribution in [0.3, 0.4) is 0 Å². The minimum Gasteiger partial charge on any atom is -0.267 e. The smallest absolute Gasteiger partial charge is 0.267 e. The molecule has 1 aliphatic rings. The molecular weight excluding hydrogens is 406 g/mol. The van der Waals surface area contributed by atoms with Crippen LogP contribution in [0, 0.1) is 6.92 Å². The molecule has 1 fully saturated rings. The molecule has 0 bridgehead atoms. The van der Waals surface area contributed by atoms with Gasteiger partial charge in [0.25, 0.3) is 11.8 Å². The molecule has 0 aliphatic carbocycles. The summed E-state index contributed by atoms with van der Waals surface area (Å²) in [6, 6.07) is 15.2. The first-order chi connectivity index (χ1) is 14.9. The van der Waals surface area contributed by atoms with Gasteiger partial charge in [0.2, 0.25) is 0 Å². The van der Waals surface area contributed by atoms with E-state index in [0.29, 0.717) is 16.7 Å². The number of nitrogens with one attached hydrogen (secondary N) is 2. The molecular formula is C25H29N3O2S. The number of piperidine rings is 1. The number of aryl methyl sites for hydroxylation is 1. The lowest BCUT2D eigenvalue weighted by Crippen LogP contribution is -2.42. The standard InChI is InChI=1S/C25H29N3O2S/c1-18(2)23(17-21-10-6-5-9-19(21)3)25(30)27-26-24(29)20-11-13-22(14-12-20)31-28-15-7-4-8-16-28/h5-6,9-14,17H,1,4,7-8,15-16H2,2-3H3,(H,26,29)(H,27,30)/b23-17+. The van der Waals surface area contributed by atoms with Gasteiger partial charge < -0.3 is 0 Å². The van der Waals surface area contributed by atoms with Crippen molar-refractivity contribution < 1.29 is 9.59 Å². The SMILES string of the molecule is C=C(C)/C(=C\c1ccccc1C)C(=O)NNC(=O)c1ccc(SN2CCCCC2)cc1. The summed E-state index contributed by atoms with van der Waals surface area (Å²) in [6.07, 6.45) is 5.55. The van der Waals surface area contributed by atoms with E-state index >= 15 is 0 Å². The van der Waals surface area contributed by atoms with Crippen LogP contribution in [0.25, 0.3) is 6.08 Å². The number of carbonyl (C=O) groups excluding carboxylic acids is 2. The summed E-state index contributed by atoms with van der Waals surface area (Å²) >= 11 is 1.73. The maximum Gasteiger partial charge on any atom is 0.269 e. The van der Waals surface area contributed by atoms with Gasteiger partial charge in [-0.15, -0.1) is 0 Å². The van der Waals surface area contributed by atoms with Gasteiger partial charge in [-0.2, -0.15) is 0 Å². The number of hydrazine groups is 1. The molecule has 0 saturated carbocycles. The van der Waals surface area contributed by atoms with E-state index in [9.17, 15) is 9.59 Å². The van der Waals surface area contributed by atoms with Gasteiger partial charge in [-0.1, -0.05) is 37.3 Å². The molecule has 1 aliphatic heterocycles. The van der Waals surface area contributed by atoms with Crippen LogP contribution in [0.4, 0.5) is 0 Å². The molecule has 0 atom stereocenters. The second kappa shape index (κ2) is 11.0. The molecule has 1 heterocycles. The average molecular weight is 436 g/mol. The van der Waals surface area contributed by atoms with E-state index in [-0.39, 0.29) is 5.91 Å². The fourth-order valence-electron chi connectivity index (χ4n) is 3.31. The predicted molar refractivity (Wildman–Crippen MR) is 127 cm³/mol. The zero-order valence-corrected chi connectivity index (χ0v) is 18.9. The van der Waals surface area contributed by atoms with Crippen LogP contribution in [-0.4, -0.2) is 29.2 Å². The summed E-state index contributed by atoms with van der Waals surface area (Å²) in [4.78, 5) is 26.2. The second-order valence-electron chi connectivity index (χ2n) is 7.71. The first kappa shape index (κ1) is 22.8. The highest BCUT2D eigenvalue weighted by atomic mass is 32.2. The Morgan fingerprint density at radius 1 is 1.00 bits per heavy atom.